The number of nitrogens with zero attached hydrogens (tertiary/aromatic N) is 1. The largest absolute Gasteiger partial charge is 0.460 e. The number of hydrogen-bond donors (Lipinski definition) is 1. The molecule has 0 spiro atoms. The molecule has 0 saturated heterocycles. The minimum Gasteiger partial charge on any atom is -0.460 e. The summed E-state index contributed by atoms with van der Waals surface area (Å²) in [5.74, 6) is -1.61. The second-order valence-corrected chi connectivity index (χ2v) is 6.35. The molecule has 27 heavy (non-hydrogen) atoms. The monoisotopic (exact) mass is 370 g/mol. The standard InChI is InChI=1S/C20H22N2O5/c1-3-13(2)18(14-7-5-4-6-8-14)20(24)27-12-16-10-9-15(19(21)23)11-17(16)22(25)26/h4-11,13,18H,3,12H2,1-2H3,(H2,21,23)/t13-,18-/m0/s1. The van der Waals surface area contributed by atoms with Crippen molar-refractivity contribution in [2.24, 2.45) is 11.7 Å². The normalized spacial score (nSPS) is 12.8. The molecule has 0 radical (unpaired) electrons. The summed E-state index contributed by atoms with van der Waals surface area (Å²) in [5, 5.41) is 11.3. The second kappa shape index (κ2) is 8.93. The van der Waals surface area contributed by atoms with Crippen LogP contribution in [-0.2, 0) is 16.1 Å². The Bertz CT molecular complexity index is 836. The quantitative estimate of drug-likeness (QED) is 0.434. The lowest BCUT2D eigenvalue weighted by atomic mass is 9.85. The van der Waals surface area contributed by atoms with E-state index in [9.17, 15) is 19.7 Å². The van der Waals surface area contributed by atoms with Crippen LogP contribution in [0.15, 0.2) is 48.5 Å². The summed E-state index contributed by atoms with van der Waals surface area (Å²) >= 11 is 0. The van der Waals surface area contributed by atoms with Crippen molar-refractivity contribution in [3.8, 4) is 0 Å². The fourth-order valence-electron chi connectivity index (χ4n) is 2.84. The Balaban J connectivity index is 2.22. The van der Waals surface area contributed by atoms with Gasteiger partial charge in [0.05, 0.1) is 16.4 Å². The van der Waals surface area contributed by atoms with E-state index in [2.05, 4.69) is 0 Å². The Morgan fingerprint density at radius 1 is 1.19 bits per heavy atom. The number of rotatable bonds is 8. The molecule has 0 aliphatic carbocycles. The summed E-state index contributed by atoms with van der Waals surface area (Å²) in [5.41, 5.74) is 5.93. The van der Waals surface area contributed by atoms with Gasteiger partial charge in [-0.2, -0.15) is 0 Å². The molecule has 142 valence electrons. The molecule has 0 heterocycles. The maximum absolute atomic E-state index is 12.7. The van der Waals surface area contributed by atoms with Gasteiger partial charge in [-0.3, -0.25) is 19.7 Å². The highest BCUT2D eigenvalue weighted by Gasteiger charge is 2.28. The first kappa shape index (κ1) is 20.1. The van der Waals surface area contributed by atoms with Gasteiger partial charge in [-0.05, 0) is 23.6 Å². The molecule has 0 aliphatic rings. The summed E-state index contributed by atoms with van der Waals surface area (Å²) in [6.45, 7) is 3.69. The zero-order valence-electron chi connectivity index (χ0n) is 15.3. The third-order valence-corrected chi connectivity index (χ3v) is 4.56. The molecule has 7 nitrogen and oxygen atoms in total. The molecule has 0 aliphatic heterocycles. The maximum atomic E-state index is 12.7. The molecule has 0 aromatic heterocycles. The van der Waals surface area contributed by atoms with Gasteiger partial charge in [0.1, 0.15) is 6.61 Å². The van der Waals surface area contributed by atoms with Crippen molar-refractivity contribution in [3.05, 3.63) is 75.3 Å². The summed E-state index contributed by atoms with van der Waals surface area (Å²) in [7, 11) is 0. The van der Waals surface area contributed by atoms with E-state index in [4.69, 9.17) is 10.5 Å². The summed E-state index contributed by atoms with van der Waals surface area (Å²) in [6.07, 6.45) is 0.780. The molecule has 2 N–H and O–H groups in total. The summed E-state index contributed by atoms with van der Waals surface area (Å²) in [4.78, 5) is 34.6. The minimum absolute atomic E-state index is 0.0264. The van der Waals surface area contributed by atoms with Crippen molar-refractivity contribution in [2.45, 2.75) is 32.8 Å². The lowest BCUT2D eigenvalue weighted by Crippen LogP contribution is -2.22. The summed E-state index contributed by atoms with van der Waals surface area (Å²) < 4.78 is 5.40. The molecule has 0 unspecified atom stereocenters. The van der Waals surface area contributed by atoms with Gasteiger partial charge in [-0.15, -0.1) is 0 Å². The first-order valence-electron chi connectivity index (χ1n) is 8.63. The first-order chi connectivity index (χ1) is 12.8. The predicted octanol–water partition coefficient (Wildman–Crippen LogP) is 3.57. The molecule has 2 aromatic rings. The van der Waals surface area contributed by atoms with Crippen LogP contribution in [0.25, 0.3) is 0 Å². The molecule has 2 aromatic carbocycles. The smallest absolute Gasteiger partial charge is 0.314 e. The van der Waals surface area contributed by atoms with Crippen molar-refractivity contribution in [3.63, 3.8) is 0 Å². The number of hydrogen-bond acceptors (Lipinski definition) is 5. The third-order valence-electron chi connectivity index (χ3n) is 4.56. The Labute approximate surface area is 157 Å². The van der Waals surface area contributed by atoms with Crippen LogP contribution in [0.4, 0.5) is 5.69 Å². The van der Waals surface area contributed by atoms with Gasteiger partial charge in [-0.1, -0.05) is 50.6 Å². The zero-order valence-corrected chi connectivity index (χ0v) is 15.3. The van der Waals surface area contributed by atoms with Gasteiger partial charge < -0.3 is 10.5 Å². The molecule has 7 heteroatoms. The van der Waals surface area contributed by atoms with Crippen LogP contribution in [0.3, 0.4) is 0 Å². The average molecular weight is 370 g/mol. The van der Waals surface area contributed by atoms with E-state index in [1.54, 1.807) is 0 Å². The number of nitro benzene ring substituents is 1. The fourth-order valence-corrected chi connectivity index (χ4v) is 2.84. The number of esters is 1. The molecule has 0 saturated carbocycles. The number of nitrogens with two attached hydrogens (primary N) is 1. The Morgan fingerprint density at radius 3 is 2.41 bits per heavy atom. The highest BCUT2D eigenvalue weighted by molar-refractivity contribution is 5.93. The van der Waals surface area contributed by atoms with Crippen molar-refractivity contribution < 1.29 is 19.2 Å². The molecular weight excluding hydrogens is 348 g/mol. The Morgan fingerprint density at radius 2 is 1.85 bits per heavy atom. The van der Waals surface area contributed by atoms with Crippen LogP contribution in [0.5, 0.6) is 0 Å². The van der Waals surface area contributed by atoms with Crippen molar-refractivity contribution in [2.75, 3.05) is 0 Å². The van der Waals surface area contributed by atoms with E-state index in [-0.39, 0.29) is 29.3 Å². The van der Waals surface area contributed by atoms with Crippen LogP contribution >= 0.6 is 0 Å². The van der Waals surface area contributed by atoms with Crippen molar-refractivity contribution in [1.82, 2.24) is 0 Å². The number of benzene rings is 2. The SMILES string of the molecule is CC[C@H](C)[C@H](C(=O)OCc1ccc(C(N)=O)cc1[N+](=O)[O-])c1ccccc1. The van der Waals surface area contributed by atoms with Crippen LogP contribution < -0.4 is 5.73 Å². The van der Waals surface area contributed by atoms with Gasteiger partial charge >= 0.3 is 5.97 Å². The van der Waals surface area contributed by atoms with E-state index >= 15 is 0 Å². The van der Waals surface area contributed by atoms with E-state index < -0.39 is 22.7 Å². The van der Waals surface area contributed by atoms with E-state index in [0.717, 1.165) is 18.1 Å². The number of primary amides is 1. The first-order valence-corrected chi connectivity index (χ1v) is 8.63. The Kier molecular flexibility index (Phi) is 6.65. The van der Waals surface area contributed by atoms with Gasteiger partial charge in [0.15, 0.2) is 0 Å². The lowest BCUT2D eigenvalue weighted by molar-refractivity contribution is -0.385. The highest BCUT2D eigenvalue weighted by atomic mass is 16.6. The average Bonchev–Trinajstić information content (AvgIpc) is 2.66. The van der Waals surface area contributed by atoms with Crippen molar-refractivity contribution >= 4 is 17.6 Å². The van der Waals surface area contributed by atoms with Gasteiger partial charge in [0.25, 0.3) is 5.69 Å². The van der Waals surface area contributed by atoms with Crippen LogP contribution in [-0.4, -0.2) is 16.8 Å². The number of carbonyl (C=O) groups is 2. The molecule has 2 atom stereocenters. The predicted molar refractivity (Wildman–Crippen MR) is 100 cm³/mol. The van der Waals surface area contributed by atoms with E-state index in [0.29, 0.717) is 0 Å². The lowest BCUT2D eigenvalue weighted by Gasteiger charge is -2.22. The third kappa shape index (κ3) is 4.91. The van der Waals surface area contributed by atoms with Crippen LogP contribution in [0.1, 0.15) is 47.7 Å². The van der Waals surface area contributed by atoms with Gasteiger partial charge in [0, 0.05) is 11.6 Å². The van der Waals surface area contributed by atoms with E-state index in [1.807, 2.05) is 44.2 Å². The molecule has 2 rings (SSSR count). The van der Waals surface area contributed by atoms with Crippen LogP contribution in [0.2, 0.25) is 0 Å². The summed E-state index contributed by atoms with van der Waals surface area (Å²) in [6, 6.07) is 13.1. The number of carbonyl (C=O) groups excluding carboxylic acids is 2. The van der Waals surface area contributed by atoms with Gasteiger partial charge in [-0.25, -0.2) is 0 Å². The number of amides is 1. The second-order valence-electron chi connectivity index (χ2n) is 6.35. The van der Waals surface area contributed by atoms with Crippen LogP contribution in [0, 0.1) is 16.0 Å². The number of nitro groups is 1. The topological polar surface area (TPSA) is 113 Å². The van der Waals surface area contributed by atoms with Crippen molar-refractivity contribution in [1.29, 1.82) is 0 Å². The fraction of sp³-hybridized carbons (Fsp3) is 0.300. The molecule has 0 fully saturated rings. The molecular formula is C20H22N2O5. The number of ether oxygens (including phenoxy) is 1. The maximum Gasteiger partial charge on any atom is 0.314 e. The van der Waals surface area contributed by atoms with Gasteiger partial charge in [0.2, 0.25) is 5.91 Å². The zero-order chi connectivity index (χ0) is 20.0. The highest BCUT2D eigenvalue weighted by Crippen LogP contribution is 2.29. The van der Waals surface area contributed by atoms with E-state index in [1.165, 1.54) is 12.1 Å². The Hall–Kier alpha value is -3.22. The molecule has 0 bridgehead atoms. The minimum atomic E-state index is -0.762. The molecule has 1 amide bonds.